The number of benzene rings is 1. The molecule has 3 aromatic rings. The van der Waals surface area contributed by atoms with Crippen LogP contribution in [0.5, 0.6) is 0 Å². The molecule has 6 heteroatoms. The van der Waals surface area contributed by atoms with E-state index in [1.165, 1.54) is 13.2 Å². The van der Waals surface area contributed by atoms with Gasteiger partial charge in [-0.1, -0.05) is 25.1 Å². The van der Waals surface area contributed by atoms with Gasteiger partial charge in [0.05, 0.1) is 6.61 Å². The van der Waals surface area contributed by atoms with Crippen molar-refractivity contribution in [2.75, 3.05) is 13.7 Å². The Morgan fingerprint density at radius 1 is 1.20 bits per heavy atom. The summed E-state index contributed by atoms with van der Waals surface area (Å²) in [6.45, 7) is 2.20. The molecule has 2 heterocycles. The number of ether oxygens (including phenoxy) is 1. The van der Waals surface area contributed by atoms with Crippen molar-refractivity contribution in [1.29, 1.82) is 0 Å². The van der Waals surface area contributed by atoms with Crippen molar-refractivity contribution in [2.45, 2.75) is 19.4 Å². The summed E-state index contributed by atoms with van der Waals surface area (Å²) >= 11 is 0. The van der Waals surface area contributed by atoms with Gasteiger partial charge < -0.3 is 18.9 Å². The number of hydrogen-bond acceptors (Lipinski definition) is 5. The summed E-state index contributed by atoms with van der Waals surface area (Å²) in [4.78, 5) is 24.7. The normalized spacial score (nSPS) is 12.2. The number of nitrogens with one attached hydrogen (secondary N) is 1. The predicted molar refractivity (Wildman–Crippen MR) is 92.7 cm³/mol. The van der Waals surface area contributed by atoms with Crippen molar-refractivity contribution >= 4 is 16.9 Å². The van der Waals surface area contributed by atoms with Gasteiger partial charge in [-0.15, -0.1) is 0 Å². The van der Waals surface area contributed by atoms with Gasteiger partial charge in [-0.25, -0.2) is 4.79 Å². The molecule has 0 bridgehead atoms. The molecule has 0 aliphatic heterocycles. The molecule has 1 atom stereocenters. The second-order valence-electron chi connectivity index (χ2n) is 5.62. The number of hydrogen-bond donors (Lipinski definition) is 1. The minimum atomic E-state index is -0.680. The molecule has 0 saturated carbocycles. The van der Waals surface area contributed by atoms with Gasteiger partial charge in [-0.3, -0.25) is 4.79 Å². The molecule has 0 saturated heterocycles. The summed E-state index contributed by atoms with van der Waals surface area (Å²) in [7, 11) is 1.53. The van der Waals surface area contributed by atoms with Crippen molar-refractivity contribution < 1.29 is 18.4 Å². The van der Waals surface area contributed by atoms with Gasteiger partial charge in [0.25, 0.3) is 5.91 Å². The molecule has 6 nitrogen and oxygen atoms in total. The molecule has 1 amide bonds. The van der Waals surface area contributed by atoms with Crippen molar-refractivity contribution in [3.8, 4) is 0 Å². The molecule has 1 aromatic carbocycles. The van der Waals surface area contributed by atoms with Gasteiger partial charge in [0, 0.05) is 18.9 Å². The maximum Gasteiger partial charge on any atom is 0.349 e. The Hall–Kier alpha value is -2.86. The highest BCUT2D eigenvalue weighted by molar-refractivity contribution is 5.96. The number of carbonyl (C=O) groups is 1. The lowest BCUT2D eigenvalue weighted by Gasteiger charge is -2.15. The van der Waals surface area contributed by atoms with Crippen molar-refractivity contribution in [1.82, 2.24) is 5.32 Å². The first-order chi connectivity index (χ1) is 12.1. The molecule has 2 aromatic heterocycles. The van der Waals surface area contributed by atoms with Gasteiger partial charge in [0.2, 0.25) is 0 Å². The van der Waals surface area contributed by atoms with Gasteiger partial charge in [-0.2, -0.15) is 0 Å². The standard InChI is InChI=1S/C19H19NO5/c1-3-13-8-9-17(24-13)15(11-23-2)20-18(21)14-10-12-6-4-5-7-16(12)25-19(14)22/h4-10,15H,3,11H2,1-2H3,(H,20,21)/t15-/m1/s1. The highest BCUT2D eigenvalue weighted by Gasteiger charge is 2.21. The van der Waals surface area contributed by atoms with Crippen LogP contribution in [-0.4, -0.2) is 19.6 Å². The molecule has 0 radical (unpaired) electrons. The van der Waals surface area contributed by atoms with Crippen LogP contribution >= 0.6 is 0 Å². The van der Waals surface area contributed by atoms with Crippen molar-refractivity contribution in [3.63, 3.8) is 0 Å². The van der Waals surface area contributed by atoms with Gasteiger partial charge in [0.15, 0.2) is 0 Å². The van der Waals surface area contributed by atoms with E-state index in [0.717, 1.165) is 12.2 Å². The molecular formula is C19H19NO5. The number of rotatable bonds is 6. The van der Waals surface area contributed by atoms with Crippen LogP contribution in [0.2, 0.25) is 0 Å². The summed E-state index contributed by atoms with van der Waals surface area (Å²) in [5, 5.41) is 3.46. The monoisotopic (exact) mass is 341 g/mol. The Kier molecular flexibility index (Phi) is 5.00. The number of furan rings is 1. The van der Waals surface area contributed by atoms with Crippen LogP contribution in [0, 0.1) is 0 Å². The minimum absolute atomic E-state index is 0.0536. The fourth-order valence-corrected chi connectivity index (χ4v) is 2.59. The van der Waals surface area contributed by atoms with E-state index in [9.17, 15) is 9.59 Å². The van der Waals surface area contributed by atoms with Gasteiger partial charge in [0.1, 0.15) is 28.7 Å². The zero-order valence-corrected chi connectivity index (χ0v) is 14.1. The van der Waals surface area contributed by atoms with E-state index in [4.69, 9.17) is 13.6 Å². The fourth-order valence-electron chi connectivity index (χ4n) is 2.59. The smallest absolute Gasteiger partial charge is 0.349 e. The van der Waals surface area contributed by atoms with Crippen LogP contribution in [0.4, 0.5) is 0 Å². The largest absolute Gasteiger partial charge is 0.464 e. The molecule has 25 heavy (non-hydrogen) atoms. The van der Waals surface area contributed by atoms with E-state index in [1.807, 2.05) is 19.1 Å². The molecule has 0 spiro atoms. The topological polar surface area (TPSA) is 81.7 Å². The summed E-state index contributed by atoms with van der Waals surface area (Å²) in [5.74, 6) is 0.865. The molecule has 0 aliphatic rings. The average Bonchev–Trinajstić information content (AvgIpc) is 3.09. The van der Waals surface area contributed by atoms with Crippen molar-refractivity contribution in [3.05, 3.63) is 70.0 Å². The van der Waals surface area contributed by atoms with Crippen molar-refractivity contribution in [2.24, 2.45) is 0 Å². The summed E-state index contributed by atoms with van der Waals surface area (Å²) in [6.07, 6.45) is 0.752. The summed E-state index contributed by atoms with van der Waals surface area (Å²) in [5.41, 5.74) is -0.292. The number of aryl methyl sites for hydroxylation is 1. The molecule has 0 aliphatic carbocycles. The average molecular weight is 341 g/mol. The maximum atomic E-state index is 12.6. The highest BCUT2D eigenvalue weighted by atomic mass is 16.5. The lowest BCUT2D eigenvalue weighted by Crippen LogP contribution is -2.33. The van der Waals surface area contributed by atoms with Crippen LogP contribution in [0.1, 0.15) is 34.8 Å². The third-order valence-electron chi connectivity index (χ3n) is 3.90. The highest BCUT2D eigenvalue weighted by Crippen LogP contribution is 2.19. The summed E-state index contributed by atoms with van der Waals surface area (Å²) in [6, 6.07) is 11.7. The number of amides is 1. The van der Waals surface area contributed by atoms with E-state index in [2.05, 4.69) is 5.32 Å². The Morgan fingerprint density at radius 3 is 2.72 bits per heavy atom. The third kappa shape index (κ3) is 3.64. The van der Waals surface area contributed by atoms with Crippen LogP contribution in [0.3, 0.4) is 0 Å². The lowest BCUT2D eigenvalue weighted by atomic mass is 10.1. The quantitative estimate of drug-likeness (QED) is 0.697. The van der Waals surface area contributed by atoms with E-state index in [0.29, 0.717) is 16.7 Å². The van der Waals surface area contributed by atoms with Gasteiger partial charge in [-0.05, 0) is 24.3 Å². The molecule has 3 rings (SSSR count). The first-order valence-electron chi connectivity index (χ1n) is 8.03. The Bertz CT molecular complexity index is 940. The van der Waals surface area contributed by atoms with Crippen LogP contribution in [-0.2, 0) is 11.2 Å². The molecule has 1 N–H and O–H groups in total. The Labute approximate surface area is 144 Å². The van der Waals surface area contributed by atoms with E-state index < -0.39 is 17.6 Å². The first-order valence-corrected chi connectivity index (χ1v) is 8.03. The Balaban J connectivity index is 1.88. The molecule has 130 valence electrons. The lowest BCUT2D eigenvalue weighted by molar-refractivity contribution is 0.0878. The number of methoxy groups -OCH3 is 1. The molecular weight excluding hydrogens is 322 g/mol. The second kappa shape index (κ2) is 7.36. The molecule has 0 fully saturated rings. The third-order valence-corrected chi connectivity index (χ3v) is 3.90. The zero-order chi connectivity index (χ0) is 17.8. The SMILES string of the molecule is CCc1ccc([C@@H](COC)NC(=O)c2cc3ccccc3oc2=O)o1. The Morgan fingerprint density at radius 2 is 2.00 bits per heavy atom. The fraction of sp³-hybridized carbons (Fsp3) is 0.263. The first kappa shape index (κ1) is 17.0. The van der Waals surface area contributed by atoms with Crippen LogP contribution in [0.25, 0.3) is 11.0 Å². The number of fused-ring (bicyclic) bond motifs is 1. The van der Waals surface area contributed by atoms with E-state index >= 15 is 0 Å². The zero-order valence-electron chi connectivity index (χ0n) is 14.1. The second-order valence-corrected chi connectivity index (χ2v) is 5.62. The van der Waals surface area contributed by atoms with Gasteiger partial charge >= 0.3 is 5.63 Å². The minimum Gasteiger partial charge on any atom is -0.464 e. The van der Waals surface area contributed by atoms with E-state index in [1.54, 1.807) is 24.3 Å². The molecule has 0 unspecified atom stereocenters. The maximum absolute atomic E-state index is 12.6. The van der Waals surface area contributed by atoms with E-state index in [-0.39, 0.29) is 12.2 Å². The van der Waals surface area contributed by atoms with Crippen LogP contribution < -0.4 is 10.9 Å². The number of carbonyl (C=O) groups excluding carboxylic acids is 1. The number of para-hydroxylation sites is 1. The predicted octanol–water partition coefficient (Wildman–Crippen LogP) is 3.07. The van der Waals surface area contributed by atoms with Crippen LogP contribution in [0.15, 0.2) is 56.1 Å². The summed E-state index contributed by atoms with van der Waals surface area (Å²) < 4.78 is 16.1.